The van der Waals surface area contributed by atoms with Crippen molar-refractivity contribution in [3.05, 3.63) is 9.81 Å². The zero-order chi connectivity index (χ0) is 26.0. The van der Waals surface area contributed by atoms with E-state index in [1.807, 2.05) is 0 Å². The molecule has 1 unspecified atom stereocenters. The summed E-state index contributed by atoms with van der Waals surface area (Å²) in [5.41, 5.74) is 0. The molecule has 0 saturated heterocycles. The number of alkyl halides is 2. The molecule has 1 aliphatic carbocycles. The van der Waals surface area contributed by atoms with Gasteiger partial charge >= 0.3 is 19.7 Å². The molecule has 0 aromatic heterocycles. The molecule has 1 saturated carbocycles. The second kappa shape index (κ2) is 18.8. The predicted octanol–water partition coefficient (Wildman–Crippen LogP) is 4.78. The minimum absolute atomic E-state index is 0.0445. The molecule has 0 aliphatic heterocycles. The lowest BCUT2D eigenvalue weighted by molar-refractivity contribution is 0.189. The highest BCUT2D eigenvalue weighted by molar-refractivity contribution is 7.54. The Bertz CT molecular complexity index is 663. The van der Waals surface area contributed by atoms with Gasteiger partial charge in [-0.3, -0.25) is 4.57 Å². The highest BCUT2D eigenvalue weighted by Gasteiger charge is 2.34. The maximum atomic E-state index is 12.3. The van der Waals surface area contributed by atoms with Crippen LogP contribution in [-0.2, 0) is 13.6 Å². The summed E-state index contributed by atoms with van der Waals surface area (Å²) in [6, 6.07) is -1.05. The molecule has 0 spiro atoms. The third kappa shape index (κ3) is 12.3. The quantitative estimate of drug-likeness (QED) is 0.145. The van der Waals surface area contributed by atoms with Crippen molar-refractivity contribution in [2.75, 3.05) is 38.1 Å². The topological polar surface area (TPSA) is 159 Å². The van der Waals surface area contributed by atoms with E-state index in [0.717, 1.165) is 30.7 Å². The third-order valence-electron chi connectivity index (χ3n) is 4.62. The van der Waals surface area contributed by atoms with Crippen LogP contribution in [0.1, 0.15) is 52.9 Å². The van der Waals surface area contributed by atoms with Gasteiger partial charge < -0.3 is 19.7 Å². The van der Waals surface area contributed by atoms with Crippen molar-refractivity contribution >= 4 is 42.9 Å². The zero-order valence-electron chi connectivity index (χ0n) is 19.8. The van der Waals surface area contributed by atoms with E-state index < -0.39 is 25.4 Å². The second-order valence-electron chi connectivity index (χ2n) is 7.07. The monoisotopic (exact) mass is 548 g/mol. The Morgan fingerprint density at radius 2 is 1.44 bits per heavy atom. The van der Waals surface area contributed by atoms with Gasteiger partial charge in [0, 0.05) is 17.8 Å². The number of amides is 4. The molecule has 2 N–H and O–H groups in total. The van der Waals surface area contributed by atoms with E-state index in [9.17, 15) is 24.0 Å². The molecule has 0 aromatic carbocycles. The fourth-order valence-electron chi connectivity index (χ4n) is 2.97. The van der Waals surface area contributed by atoms with Crippen LogP contribution in [0.3, 0.4) is 0 Å². The summed E-state index contributed by atoms with van der Waals surface area (Å²) >= 11 is 10.9. The summed E-state index contributed by atoms with van der Waals surface area (Å²) in [4.78, 5) is 43.9. The molecular formula is C18H35Cl2N6O7P. The van der Waals surface area contributed by atoms with E-state index >= 15 is 0 Å². The average molecular weight is 549 g/mol. The minimum atomic E-state index is -3.47. The number of rotatable bonds is 13. The molecule has 16 heteroatoms. The summed E-state index contributed by atoms with van der Waals surface area (Å²) in [5, 5.41) is 11.7. The van der Waals surface area contributed by atoms with E-state index in [4.69, 9.17) is 32.2 Å². The standard InChI is InChI=1S/C9H19ClN3O5P.C9H16ClN3O2/c1-4-17-19(16,18-5-2)8(3)11-9(14)13(12-15)7-6-10;10-6-7-13(12-15)9(14)11-8-4-2-1-3-5-8/h8H,4-7H2,1-3H3,(H,11,14);8H,1-7H2,(H,11,14). The number of carbonyl (C=O) groups excluding carboxylic acids is 2. The number of carbonyl (C=O) groups is 2. The SMILES string of the molecule is CCOP(=O)(OCC)C(C)NC(=O)N(CCCl)N=O.O=NN(CCCl)C(=O)NC1CCCCC1. The summed E-state index contributed by atoms with van der Waals surface area (Å²) in [5.74, 6) is -0.633. The average Bonchev–Trinajstić information content (AvgIpc) is 2.82. The van der Waals surface area contributed by atoms with Gasteiger partial charge in [-0.25, -0.2) is 9.59 Å². The Morgan fingerprint density at radius 3 is 1.85 bits per heavy atom. The van der Waals surface area contributed by atoms with Gasteiger partial charge in [-0.15, -0.1) is 33.0 Å². The van der Waals surface area contributed by atoms with Crippen LogP contribution in [-0.4, -0.2) is 72.0 Å². The van der Waals surface area contributed by atoms with Crippen molar-refractivity contribution < 1.29 is 23.2 Å². The number of urea groups is 2. The summed E-state index contributed by atoms with van der Waals surface area (Å²) in [7, 11) is -3.47. The van der Waals surface area contributed by atoms with Crippen molar-refractivity contribution in [3.8, 4) is 0 Å². The van der Waals surface area contributed by atoms with Gasteiger partial charge in [-0.05, 0) is 33.6 Å². The first-order chi connectivity index (χ1) is 16.2. The van der Waals surface area contributed by atoms with Crippen molar-refractivity contribution in [1.82, 2.24) is 20.7 Å². The highest BCUT2D eigenvalue weighted by atomic mass is 35.5. The lowest BCUT2D eigenvalue weighted by atomic mass is 9.96. The Kier molecular flexibility index (Phi) is 17.9. The van der Waals surface area contributed by atoms with Crippen LogP contribution < -0.4 is 10.6 Å². The third-order valence-corrected chi connectivity index (χ3v) is 7.27. The highest BCUT2D eigenvalue weighted by Crippen LogP contribution is 2.51. The van der Waals surface area contributed by atoms with E-state index in [-0.39, 0.29) is 44.1 Å². The van der Waals surface area contributed by atoms with Gasteiger partial charge in [0.2, 0.25) is 0 Å². The molecule has 1 atom stereocenters. The van der Waals surface area contributed by atoms with Gasteiger partial charge in [0.15, 0.2) is 0 Å². The van der Waals surface area contributed by atoms with Crippen LogP contribution in [0.4, 0.5) is 9.59 Å². The molecule has 1 rings (SSSR count). The molecule has 0 bridgehead atoms. The molecule has 1 aliphatic rings. The Labute approximate surface area is 210 Å². The number of nitrogens with zero attached hydrogens (tertiary/aromatic N) is 4. The molecule has 0 aromatic rings. The van der Waals surface area contributed by atoms with Gasteiger partial charge in [-0.2, -0.15) is 10.0 Å². The molecular weight excluding hydrogens is 514 g/mol. The van der Waals surface area contributed by atoms with Crippen LogP contribution >= 0.6 is 30.8 Å². The van der Waals surface area contributed by atoms with Crippen LogP contribution in [0.25, 0.3) is 0 Å². The molecule has 198 valence electrons. The fourth-order valence-corrected chi connectivity index (χ4v) is 4.80. The molecule has 34 heavy (non-hydrogen) atoms. The second-order valence-corrected chi connectivity index (χ2v) is 10.2. The van der Waals surface area contributed by atoms with Gasteiger partial charge in [0.25, 0.3) is 0 Å². The normalized spacial score (nSPS) is 14.7. The van der Waals surface area contributed by atoms with Crippen LogP contribution in [0, 0.1) is 9.81 Å². The first kappa shape index (κ1) is 32.5. The van der Waals surface area contributed by atoms with Crippen molar-refractivity contribution in [2.24, 2.45) is 10.6 Å². The van der Waals surface area contributed by atoms with Crippen molar-refractivity contribution in [1.29, 1.82) is 0 Å². The maximum Gasteiger partial charge on any atom is 0.352 e. The van der Waals surface area contributed by atoms with E-state index in [0.29, 0.717) is 5.01 Å². The molecule has 0 radical (unpaired) electrons. The Hall–Kier alpha value is -1.53. The number of halogens is 2. The van der Waals surface area contributed by atoms with E-state index in [1.165, 1.54) is 13.3 Å². The van der Waals surface area contributed by atoms with E-state index in [1.54, 1.807) is 13.8 Å². The lowest BCUT2D eigenvalue weighted by Gasteiger charge is -2.25. The van der Waals surface area contributed by atoms with Gasteiger partial charge in [0.1, 0.15) is 5.78 Å². The Balaban J connectivity index is 0.000000657. The zero-order valence-corrected chi connectivity index (χ0v) is 22.2. The van der Waals surface area contributed by atoms with Gasteiger partial charge in [-0.1, -0.05) is 19.3 Å². The largest absolute Gasteiger partial charge is 0.352 e. The summed E-state index contributed by atoms with van der Waals surface area (Å²) in [6.45, 7) is 5.25. The predicted molar refractivity (Wildman–Crippen MR) is 131 cm³/mol. The number of hydrogen-bond acceptors (Lipinski definition) is 9. The molecule has 1 fully saturated rings. The fraction of sp³-hybridized carbons (Fsp3) is 0.889. The van der Waals surface area contributed by atoms with Crippen LogP contribution in [0.5, 0.6) is 0 Å². The Morgan fingerprint density at radius 1 is 0.971 bits per heavy atom. The van der Waals surface area contributed by atoms with Crippen LogP contribution in [0.2, 0.25) is 0 Å². The molecule has 0 heterocycles. The minimum Gasteiger partial charge on any atom is -0.334 e. The molecule has 4 amide bonds. The first-order valence-corrected chi connectivity index (χ1v) is 13.7. The van der Waals surface area contributed by atoms with Crippen molar-refractivity contribution in [3.63, 3.8) is 0 Å². The van der Waals surface area contributed by atoms with Crippen molar-refractivity contribution in [2.45, 2.75) is 64.7 Å². The number of nitrogens with one attached hydrogen (secondary N) is 2. The lowest BCUT2D eigenvalue weighted by Crippen LogP contribution is -2.43. The maximum absolute atomic E-state index is 12.3. The number of nitroso groups, excluding NO2 is 2. The number of hydrogen-bond donors (Lipinski definition) is 2. The smallest absolute Gasteiger partial charge is 0.334 e. The summed E-state index contributed by atoms with van der Waals surface area (Å²) < 4.78 is 22.4. The molecule has 13 nitrogen and oxygen atoms in total. The van der Waals surface area contributed by atoms with E-state index in [2.05, 4.69) is 21.2 Å². The summed E-state index contributed by atoms with van der Waals surface area (Å²) in [6.07, 6.45) is 5.46. The first-order valence-electron chi connectivity index (χ1n) is 11.1. The van der Waals surface area contributed by atoms with Gasteiger partial charge in [0.05, 0.1) is 36.9 Å². The van der Waals surface area contributed by atoms with Crippen LogP contribution in [0.15, 0.2) is 10.6 Å².